The van der Waals surface area contributed by atoms with Crippen molar-refractivity contribution in [1.82, 2.24) is 0 Å². The summed E-state index contributed by atoms with van der Waals surface area (Å²) in [7, 11) is -1.51. The third kappa shape index (κ3) is 2.43. The van der Waals surface area contributed by atoms with Gasteiger partial charge in [0.1, 0.15) is 0 Å². The Hall–Kier alpha value is -1.52. The van der Waals surface area contributed by atoms with Gasteiger partial charge in [-0.2, -0.15) is 0 Å². The molecule has 0 amide bonds. The first-order valence-corrected chi connectivity index (χ1v) is 5.72. The van der Waals surface area contributed by atoms with Gasteiger partial charge in [-0.3, -0.25) is 0 Å². The normalized spacial score (nSPS) is 19.0. The molecule has 4 heteroatoms. The van der Waals surface area contributed by atoms with Crippen molar-refractivity contribution >= 4 is 23.8 Å². The molecule has 0 bridgehead atoms. The van der Waals surface area contributed by atoms with E-state index in [1.165, 1.54) is 5.57 Å². The zero-order valence-corrected chi connectivity index (χ0v) is 9.80. The van der Waals surface area contributed by atoms with Crippen molar-refractivity contribution in [2.45, 2.75) is 13.3 Å². The lowest BCUT2D eigenvalue weighted by Gasteiger charge is -2.18. The highest BCUT2D eigenvalue weighted by Gasteiger charge is 2.17. The first kappa shape index (κ1) is 12.0. The summed E-state index contributed by atoms with van der Waals surface area (Å²) in [5, 5.41) is 18.2. The molecule has 0 saturated heterocycles. The number of nitrogens with two attached hydrogens (primary N) is 1. The molecule has 4 N–H and O–H groups in total. The van der Waals surface area contributed by atoms with Gasteiger partial charge < -0.3 is 15.8 Å². The molecule has 0 aromatic heterocycles. The second kappa shape index (κ2) is 4.78. The Balaban J connectivity index is 2.38. The summed E-state index contributed by atoms with van der Waals surface area (Å²) in [6, 6.07) is 5.35. The summed E-state index contributed by atoms with van der Waals surface area (Å²) in [4.78, 5) is 0. The van der Waals surface area contributed by atoms with Crippen LogP contribution >= 0.6 is 0 Å². The van der Waals surface area contributed by atoms with Gasteiger partial charge in [0.05, 0.1) is 0 Å². The van der Waals surface area contributed by atoms with Gasteiger partial charge in [0.2, 0.25) is 0 Å². The zero-order chi connectivity index (χ0) is 12.4. The summed E-state index contributed by atoms with van der Waals surface area (Å²) in [5.74, 6) is 0.462. The third-order valence-electron chi connectivity index (χ3n) is 3.13. The molecule has 2 rings (SSSR count). The number of rotatable bonds is 2. The molecule has 1 aromatic rings. The summed E-state index contributed by atoms with van der Waals surface area (Å²) in [5.41, 5.74) is 8.86. The molecule has 88 valence electrons. The molecule has 1 aliphatic rings. The number of anilines is 1. The molecule has 1 aromatic carbocycles. The molecule has 17 heavy (non-hydrogen) atoms. The Morgan fingerprint density at radius 3 is 2.71 bits per heavy atom. The number of hydrogen-bond acceptors (Lipinski definition) is 3. The highest BCUT2D eigenvalue weighted by atomic mass is 16.4. The minimum absolute atomic E-state index is 0.355. The van der Waals surface area contributed by atoms with Crippen LogP contribution in [-0.4, -0.2) is 17.2 Å². The van der Waals surface area contributed by atoms with Gasteiger partial charge in [0.25, 0.3) is 0 Å². The number of allylic oxidation sites excluding steroid dienone is 4. The summed E-state index contributed by atoms with van der Waals surface area (Å²) < 4.78 is 0. The Kier molecular flexibility index (Phi) is 3.36. The van der Waals surface area contributed by atoms with Gasteiger partial charge in [-0.05, 0) is 29.5 Å². The molecule has 0 saturated carbocycles. The van der Waals surface area contributed by atoms with Gasteiger partial charge >= 0.3 is 7.12 Å². The lowest BCUT2D eigenvalue weighted by atomic mass is 9.77. The predicted molar refractivity (Wildman–Crippen MR) is 71.6 cm³/mol. The molecule has 1 unspecified atom stereocenters. The van der Waals surface area contributed by atoms with E-state index in [0.29, 0.717) is 17.1 Å². The molecule has 3 nitrogen and oxygen atoms in total. The molecule has 0 heterocycles. The van der Waals surface area contributed by atoms with Gasteiger partial charge in [-0.1, -0.05) is 37.3 Å². The molecular weight excluding hydrogens is 213 g/mol. The molecule has 0 fully saturated rings. The van der Waals surface area contributed by atoms with Crippen LogP contribution in [0.25, 0.3) is 5.57 Å². The van der Waals surface area contributed by atoms with Crippen LogP contribution in [0, 0.1) is 5.92 Å². The maximum Gasteiger partial charge on any atom is 0.490 e. The van der Waals surface area contributed by atoms with Gasteiger partial charge in [-0.15, -0.1) is 0 Å². The fourth-order valence-electron chi connectivity index (χ4n) is 2.12. The number of benzene rings is 1. The van der Waals surface area contributed by atoms with Crippen molar-refractivity contribution in [2.75, 3.05) is 5.73 Å². The van der Waals surface area contributed by atoms with E-state index in [2.05, 4.69) is 19.1 Å². The highest BCUT2D eigenvalue weighted by molar-refractivity contribution is 6.60. The van der Waals surface area contributed by atoms with Crippen molar-refractivity contribution in [3.63, 3.8) is 0 Å². The maximum atomic E-state index is 9.11. The van der Waals surface area contributed by atoms with E-state index in [4.69, 9.17) is 15.8 Å². The van der Waals surface area contributed by atoms with E-state index in [1.54, 1.807) is 12.1 Å². The minimum Gasteiger partial charge on any atom is -0.423 e. The Labute approximate surface area is 101 Å². The Bertz CT molecular complexity index is 480. The topological polar surface area (TPSA) is 66.5 Å². The molecule has 1 aliphatic carbocycles. The largest absolute Gasteiger partial charge is 0.490 e. The molecule has 0 radical (unpaired) electrons. The zero-order valence-electron chi connectivity index (χ0n) is 9.80. The lowest BCUT2D eigenvalue weighted by Crippen LogP contribution is -2.32. The van der Waals surface area contributed by atoms with Crippen molar-refractivity contribution in [2.24, 2.45) is 5.92 Å². The van der Waals surface area contributed by atoms with Gasteiger partial charge in [0, 0.05) is 11.2 Å². The highest BCUT2D eigenvalue weighted by Crippen LogP contribution is 2.29. The third-order valence-corrected chi connectivity index (χ3v) is 3.13. The van der Waals surface area contributed by atoms with E-state index < -0.39 is 7.12 Å². The van der Waals surface area contributed by atoms with Crippen molar-refractivity contribution in [3.05, 3.63) is 42.0 Å². The van der Waals surface area contributed by atoms with Crippen LogP contribution in [0.5, 0.6) is 0 Å². The van der Waals surface area contributed by atoms with Crippen LogP contribution in [0.15, 0.2) is 36.4 Å². The standard InChI is InChI=1S/C13H16BNO2/c1-9-4-2-3-5-11(9)10-6-7-12(14(16)17)13(15)8-10/h2-3,5-9,16-17H,4,15H2,1H3. The van der Waals surface area contributed by atoms with Crippen LogP contribution < -0.4 is 11.2 Å². The smallest absolute Gasteiger partial charge is 0.423 e. The number of nitrogen functional groups attached to an aromatic ring is 1. The van der Waals surface area contributed by atoms with Crippen LogP contribution in [-0.2, 0) is 0 Å². The molecular formula is C13H16BNO2. The fourth-order valence-corrected chi connectivity index (χ4v) is 2.12. The first-order valence-electron chi connectivity index (χ1n) is 5.72. The predicted octanol–water partition coefficient (Wildman–Crippen LogP) is 0.928. The van der Waals surface area contributed by atoms with Crippen LogP contribution in [0.1, 0.15) is 18.9 Å². The Morgan fingerprint density at radius 2 is 2.12 bits per heavy atom. The molecule has 0 aliphatic heterocycles. The van der Waals surface area contributed by atoms with Crippen molar-refractivity contribution in [3.8, 4) is 0 Å². The summed E-state index contributed by atoms with van der Waals surface area (Å²) >= 11 is 0. The monoisotopic (exact) mass is 229 g/mol. The van der Waals surface area contributed by atoms with Crippen LogP contribution in [0.3, 0.4) is 0 Å². The summed E-state index contributed by atoms with van der Waals surface area (Å²) in [6.45, 7) is 2.17. The number of hydrogen-bond donors (Lipinski definition) is 3. The maximum absolute atomic E-state index is 9.11. The average molecular weight is 229 g/mol. The lowest BCUT2D eigenvalue weighted by molar-refractivity contribution is 0.426. The first-order chi connectivity index (χ1) is 8.09. The van der Waals surface area contributed by atoms with E-state index >= 15 is 0 Å². The SMILES string of the molecule is CC1CC=CC=C1c1ccc(B(O)O)c(N)c1. The van der Waals surface area contributed by atoms with Crippen LogP contribution in [0.4, 0.5) is 5.69 Å². The van der Waals surface area contributed by atoms with E-state index in [9.17, 15) is 0 Å². The van der Waals surface area contributed by atoms with Crippen LogP contribution in [0.2, 0.25) is 0 Å². The van der Waals surface area contributed by atoms with E-state index in [-0.39, 0.29) is 0 Å². The Morgan fingerprint density at radius 1 is 1.35 bits per heavy atom. The second-order valence-electron chi connectivity index (χ2n) is 4.40. The van der Waals surface area contributed by atoms with Gasteiger partial charge in [0.15, 0.2) is 0 Å². The second-order valence-corrected chi connectivity index (χ2v) is 4.40. The minimum atomic E-state index is -1.51. The molecule has 1 atom stereocenters. The van der Waals surface area contributed by atoms with E-state index in [0.717, 1.165) is 12.0 Å². The quantitative estimate of drug-likeness (QED) is 0.522. The van der Waals surface area contributed by atoms with Gasteiger partial charge in [-0.25, -0.2) is 0 Å². The molecule has 0 spiro atoms. The average Bonchev–Trinajstić information content (AvgIpc) is 2.29. The fraction of sp³-hybridized carbons (Fsp3) is 0.231. The summed E-state index contributed by atoms with van der Waals surface area (Å²) in [6.07, 6.45) is 7.29. The van der Waals surface area contributed by atoms with Crippen molar-refractivity contribution < 1.29 is 10.0 Å². The van der Waals surface area contributed by atoms with E-state index in [1.807, 2.05) is 12.1 Å². The van der Waals surface area contributed by atoms with Crippen molar-refractivity contribution in [1.29, 1.82) is 0 Å².